The Kier molecular flexibility index (Phi) is 6.06. The van der Waals surface area contributed by atoms with Gasteiger partial charge in [-0.15, -0.1) is 0 Å². The summed E-state index contributed by atoms with van der Waals surface area (Å²) in [6, 6.07) is 2.29. The first-order chi connectivity index (χ1) is 16.9. The number of nitrogens with two attached hydrogens (primary N) is 2. The van der Waals surface area contributed by atoms with Crippen molar-refractivity contribution in [2.45, 2.75) is 45.1 Å². The van der Waals surface area contributed by atoms with Gasteiger partial charge in [-0.05, 0) is 32.6 Å². The lowest BCUT2D eigenvalue weighted by Crippen LogP contribution is -2.38. The molecule has 5 rings (SSSR count). The van der Waals surface area contributed by atoms with Gasteiger partial charge in [-0.1, -0.05) is 0 Å². The molecule has 0 spiro atoms. The number of aromatic nitrogens is 2. The number of pyridine rings is 2. The van der Waals surface area contributed by atoms with E-state index >= 15 is 0 Å². The Morgan fingerprint density at radius 1 is 1.17 bits per heavy atom. The average molecular weight is 480 g/mol. The lowest BCUT2D eigenvalue weighted by Gasteiger charge is -2.32. The summed E-state index contributed by atoms with van der Waals surface area (Å²) in [5, 5.41) is 11.2. The van der Waals surface area contributed by atoms with E-state index in [2.05, 4.69) is 16.0 Å². The van der Waals surface area contributed by atoms with Crippen LogP contribution in [0.5, 0.6) is 0 Å². The van der Waals surface area contributed by atoms with E-state index in [9.17, 15) is 14.9 Å². The van der Waals surface area contributed by atoms with Gasteiger partial charge < -0.3 is 25.8 Å². The topological polar surface area (TPSA) is 161 Å². The summed E-state index contributed by atoms with van der Waals surface area (Å²) >= 11 is 0. The van der Waals surface area contributed by atoms with Crippen LogP contribution < -0.4 is 21.3 Å². The summed E-state index contributed by atoms with van der Waals surface area (Å²) in [7, 11) is 0. The third-order valence-corrected chi connectivity index (χ3v) is 7.08. The first-order valence-corrected chi connectivity index (χ1v) is 12.1. The van der Waals surface area contributed by atoms with Crippen molar-refractivity contribution in [2.75, 3.05) is 54.1 Å². The number of nitriles is 1. The zero-order chi connectivity index (χ0) is 24.7. The molecule has 35 heavy (non-hydrogen) atoms. The van der Waals surface area contributed by atoms with Gasteiger partial charge in [-0.2, -0.15) is 5.26 Å². The smallest absolute Gasteiger partial charge is 0.309 e. The van der Waals surface area contributed by atoms with Crippen LogP contribution in [-0.4, -0.2) is 60.8 Å². The number of fused-ring (bicyclic) bond motifs is 3. The Balaban J connectivity index is 1.55. The maximum Gasteiger partial charge on any atom is 0.309 e. The van der Waals surface area contributed by atoms with E-state index < -0.39 is 0 Å². The fraction of sp³-hybridized carbons (Fsp3) is 0.542. The van der Waals surface area contributed by atoms with E-state index in [1.54, 1.807) is 11.8 Å². The van der Waals surface area contributed by atoms with Gasteiger partial charge in [0, 0.05) is 30.6 Å². The third kappa shape index (κ3) is 3.97. The standard InChI is InChI=1S/C24H29N7O4/c1-2-34-24(33)13-5-7-30(8-6-13)22-16(11-25)18-15-10-17(32)31(12-14-4-3-9-35-14)23(15)29-21(27)19(18)20(26)28-22/h13-14H,2-10,12H2,1H3,(H2,26,28)(H2,27,29)/t14-/m0/s1. The van der Waals surface area contributed by atoms with Crippen LogP contribution >= 0.6 is 0 Å². The number of nitrogens with zero attached hydrogens (tertiary/aromatic N) is 5. The Hall–Kier alpha value is -3.65. The van der Waals surface area contributed by atoms with E-state index in [0.29, 0.717) is 79.2 Å². The second kappa shape index (κ2) is 9.19. The number of piperidine rings is 1. The van der Waals surface area contributed by atoms with Crippen LogP contribution in [0.2, 0.25) is 0 Å². The van der Waals surface area contributed by atoms with E-state index in [1.165, 1.54) is 0 Å². The molecule has 0 saturated carbocycles. The summed E-state index contributed by atoms with van der Waals surface area (Å²) in [5.41, 5.74) is 13.6. The molecular weight excluding hydrogens is 450 g/mol. The average Bonchev–Trinajstić information content (AvgIpc) is 3.47. The molecule has 11 nitrogen and oxygen atoms in total. The number of hydrogen-bond acceptors (Lipinski definition) is 10. The number of rotatable bonds is 5. The van der Waals surface area contributed by atoms with Crippen LogP contribution in [0.25, 0.3) is 10.8 Å². The molecule has 0 aromatic carbocycles. The van der Waals surface area contributed by atoms with E-state index in [1.807, 2.05) is 4.90 Å². The lowest BCUT2D eigenvalue weighted by molar-refractivity contribution is -0.148. The number of ether oxygens (including phenoxy) is 2. The first-order valence-electron chi connectivity index (χ1n) is 12.1. The largest absolute Gasteiger partial charge is 0.466 e. The quantitative estimate of drug-likeness (QED) is 0.601. The van der Waals surface area contributed by atoms with Crippen LogP contribution in [0, 0.1) is 17.2 Å². The van der Waals surface area contributed by atoms with Crippen LogP contribution in [-0.2, 0) is 25.5 Å². The molecule has 3 aliphatic heterocycles. The molecule has 0 radical (unpaired) electrons. The molecule has 184 valence electrons. The molecule has 3 aliphatic rings. The van der Waals surface area contributed by atoms with Gasteiger partial charge in [0.15, 0.2) is 0 Å². The Bertz CT molecular complexity index is 1230. The van der Waals surface area contributed by atoms with Crippen molar-refractivity contribution in [1.82, 2.24) is 9.97 Å². The second-order valence-electron chi connectivity index (χ2n) is 9.19. The third-order valence-electron chi connectivity index (χ3n) is 7.08. The minimum Gasteiger partial charge on any atom is -0.466 e. The van der Waals surface area contributed by atoms with Gasteiger partial charge >= 0.3 is 5.97 Å². The van der Waals surface area contributed by atoms with Crippen LogP contribution in [0.15, 0.2) is 0 Å². The van der Waals surface area contributed by atoms with Crippen LogP contribution in [0.4, 0.5) is 23.3 Å². The number of anilines is 4. The van der Waals surface area contributed by atoms with Gasteiger partial charge in [-0.25, -0.2) is 9.97 Å². The Morgan fingerprint density at radius 2 is 1.89 bits per heavy atom. The highest BCUT2D eigenvalue weighted by Gasteiger charge is 2.36. The predicted octanol–water partition coefficient (Wildman–Crippen LogP) is 1.51. The van der Waals surface area contributed by atoms with E-state index in [-0.39, 0.29) is 42.0 Å². The molecule has 2 saturated heterocycles. The van der Waals surface area contributed by atoms with Crippen molar-refractivity contribution in [2.24, 2.45) is 5.92 Å². The van der Waals surface area contributed by atoms with E-state index in [4.69, 9.17) is 20.9 Å². The second-order valence-corrected chi connectivity index (χ2v) is 9.19. The minimum atomic E-state index is -0.194. The molecule has 2 aromatic heterocycles. The maximum absolute atomic E-state index is 13.0. The van der Waals surface area contributed by atoms with Crippen molar-refractivity contribution in [3.05, 3.63) is 11.1 Å². The highest BCUT2D eigenvalue weighted by Crippen LogP contribution is 2.42. The number of carbonyl (C=O) groups excluding carboxylic acids is 2. The number of hydrogen-bond donors (Lipinski definition) is 2. The molecular formula is C24H29N7O4. The molecule has 2 aromatic rings. The Labute approximate surface area is 203 Å². The number of nitrogen functional groups attached to an aromatic ring is 2. The highest BCUT2D eigenvalue weighted by atomic mass is 16.5. The molecule has 5 heterocycles. The number of amides is 1. The molecule has 11 heteroatoms. The van der Waals surface area contributed by atoms with Crippen molar-refractivity contribution in [3.63, 3.8) is 0 Å². The van der Waals surface area contributed by atoms with Crippen molar-refractivity contribution in [1.29, 1.82) is 5.26 Å². The van der Waals surface area contributed by atoms with Gasteiger partial charge in [-0.3, -0.25) is 14.5 Å². The molecule has 0 bridgehead atoms. The Morgan fingerprint density at radius 3 is 2.51 bits per heavy atom. The van der Waals surface area contributed by atoms with Crippen LogP contribution in [0.3, 0.4) is 0 Å². The summed E-state index contributed by atoms with van der Waals surface area (Å²) in [6.45, 7) is 4.29. The summed E-state index contributed by atoms with van der Waals surface area (Å²) in [5.74, 6) is 0.732. The maximum atomic E-state index is 13.0. The fourth-order valence-electron chi connectivity index (χ4n) is 5.36. The van der Waals surface area contributed by atoms with Crippen molar-refractivity contribution < 1.29 is 19.1 Å². The normalized spacial score (nSPS) is 20.3. The molecule has 0 unspecified atom stereocenters. The summed E-state index contributed by atoms with van der Waals surface area (Å²) < 4.78 is 10.9. The fourth-order valence-corrected chi connectivity index (χ4v) is 5.36. The molecule has 1 atom stereocenters. The van der Waals surface area contributed by atoms with Gasteiger partial charge in [0.1, 0.15) is 34.9 Å². The van der Waals surface area contributed by atoms with Gasteiger partial charge in [0.05, 0.1) is 37.0 Å². The molecule has 1 amide bonds. The minimum absolute atomic E-state index is 0.0437. The lowest BCUT2D eigenvalue weighted by atomic mass is 9.95. The van der Waals surface area contributed by atoms with Gasteiger partial charge in [0.2, 0.25) is 5.91 Å². The van der Waals surface area contributed by atoms with Crippen molar-refractivity contribution in [3.8, 4) is 6.07 Å². The SMILES string of the molecule is CCOC(=O)C1CCN(c2nc(N)c3c(N)nc4c(c3c2C#N)CC(=O)N4C[C@@H]2CCCO2)CC1. The molecule has 2 fully saturated rings. The summed E-state index contributed by atoms with van der Waals surface area (Å²) in [6.07, 6.45) is 3.09. The zero-order valence-electron chi connectivity index (χ0n) is 19.7. The first kappa shape index (κ1) is 23.1. The molecule has 0 aliphatic carbocycles. The predicted molar refractivity (Wildman–Crippen MR) is 130 cm³/mol. The van der Waals surface area contributed by atoms with Crippen molar-refractivity contribution >= 4 is 45.9 Å². The molecule has 4 N–H and O–H groups in total. The number of esters is 1. The van der Waals surface area contributed by atoms with E-state index in [0.717, 1.165) is 12.8 Å². The number of carbonyl (C=O) groups is 2. The zero-order valence-corrected chi connectivity index (χ0v) is 19.7. The summed E-state index contributed by atoms with van der Waals surface area (Å²) in [4.78, 5) is 37.8. The van der Waals surface area contributed by atoms with Crippen LogP contribution in [0.1, 0.15) is 43.7 Å². The highest BCUT2D eigenvalue weighted by molar-refractivity contribution is 6.13. The van der Waals surface area contributed by atoms with Gasteiger partial charge in [0.25, 0.3) is 0 Å². The monoisotopic (exact) mass is 479 g/mol.